The van der Waals surface area contributed by atoms with Crippen molar-refractivity contribution in [2.75, 3.05) is 13.1 Å². The van der Waals surface area contributed by atoms with Crippen molar-refractivity contribution in [3.63, 3.8) is 0 Å². The molecule has 0 spiro atoms. The minimum absolute atomic E-state index is 0.108. The van der Waals surface area contributed by atoms with Gasteiger partial charge in [-0.05, 0) is 40.5 Å². The van der Waals surface area contributed by atoms with E-state index in [2.05, 4.69) is 28.0 Å². The maximum absolute atomic E-state index is 11.8. The van der Waals surface area contributed by atoms with Crippen LogP contribution in [0.4, 0.5) is 0 Å². The molecule has 1 fully saturated rings. The lowest BCUT2D eigenvalue weighted by Crippen LogP contribution is -2.36. The summed E-state index contributed by atoms with van der Waals surface area (Å²) >= 11 is 3.70. The van der Waals surface area contributed by atoms with Gasteiger partial charge in [-0.3, -0.25) is 9.80 Å². The lowest BCUT2D eigenvalue weighted by Gasteiger charge is -2.14. The summed E-state index contributed by atoms with van der Waals surface area (Å²) in [4.78, 5) is 12.6. The van der Waals surface area contributed by atoms with Crippen LogP contribution in [0.2, 0.25) is 0 Å². The molecule has 1 N–H and O–H groups in total. The minimum Gasteiger partial charge on any atom is -0.273 e. The molecule has 1 aliphatic rings. The quantitative estimate of drug-likeness (QED) is 0.801. The zero-order valence-corrected chi connectivity index (χ0v) is 9.89. The highest BCUT2D eigenvalue weighted by Crippen LogP contribution is 2.20. The maximum atomic E-state index is 11.8. The van der Waals surface area contributed by atoms with Crippen molar-refractivity contribution in [3.05, 3.63) is 19.9 Å². The molecule has 0 aliphatic carbocycles. The molecule has 5 heteroatoms. The van der Waals surface area contributed by atoms with Crippen molar-refractivity contribution in [3.8, 4) is 0 Å². The van der Waals surface area contributed by atoms with Gasteiger partial charge in [0.2, 0.25) is 0 Å². The zero-order chi connectivity index (χ0) is 9.26. The van der Waals surface area contributed by atoms with E-state index in [1.165, 1.54) is 11.3 Å². The first kappa shape index (κ1) is 9.42. The second-order valence-corrected chi connectivity index (χ2v) is 4.89. The molecule has 0 unspecified atom stereocenters. The van der Waals surface area contributed by atoms with Crippen LogP contribution in [0.5, 0.6) is 0 Å². The Balaban J connectivity index is 2.17. The van der Waals surface area contributed by atoms with E-state index >= 15 is 0 Å². The van der Waals surface area contributed by atoms with Crippen molar-refractivity contribution < 1.29 is 4.79 Å². The summed E-state index contributed by atoms with van der Waals surface area (Å²) in [6.07, 6.45) is 1.05. The van der Waals surface area contributed by atoms with Gasteiger partial charge in [0, 0.05) is 16.7 Å². The Bertz CT molecular complexity index is 320. The number of rotatable bonds is 1. The zero-order valence-electron chi connectivity index (χ0n) is 6.92. The Labute approximate surface area is 94.2 Å². The Morgan fingerprint density at radius 3 is 3.08 bits per heavy atom. The fourth-order valence-corrected chi connectivity index (χ4v) is 3.04. The molecule has 1 amide bonds. The fraction of sp³-hybridized carbons (Fsp3) is 0.375. The summed E-state index contributed by atoms with van der Waals surface area (Å²) < 4.78 is 1.04. The van der Waals surface area contributed by atoms with Gasteiger partial charge in [-0.2, -0.15) is 0 Å². The van der Waals surface area contributed by atoms with Gasteiger partial charge in [0.15, 0.2) is 0 Å². The molecule has 1 saturated heterocycles. The standard InChI is InChI=1S/C8H9IN2OS/c9-6-2-5-13-7(6)8(12)11-4-1-3-10-11/h2,5,10H,1,3-4H2. The predicted octanol–water partition coefficient (Wildman–Crippen LogP) is 1.70. The third-order valence-corrected chi connectivity index (χ3v) is 4.09. The molecule has 0 bridgehead atoms. The fourth-order valence-electron chi connectivity index (χ4n) is 1.27. The highest BCUT2D eigenvalue weighted by atomic mass is 127. The Morgan fingerprint density at radius 1 is 1.69 bits per heavy atom. The molecule has 1 aromatic rings. The van der Waals surface area contributed by atoms with Gasteiger partial charge < -0.3 is 0 Å². The van der Waals surface area contributed by atoms with Crippen LogP contribution in [0.1, 0.15) is 16.1 Å². The Hall–Kier alpha value is -0.140. The van der Waals surface area contributed by atoms with Crippen LogP contribution in [0, 0.1) is 3.57 Å². The number of hydrogen-bond donors (Lipinski definition) is 1. The second kappa shape index (κ2) is 3.93. The minimum atomic E-state index is 0.108. The van der Waals surface area contributed by atoms with Crippen molar-refractivity contribution in [2.45, 2.75) is 6.42 Å². The maximum Gasteiger partial charge on any atom is 0.279 e. The van der Waals surface area contributed by atoms with Crippen molar-refractivity contribution >= 4 is 39.8 Å². The van der Waals surface area contributed by atoms with E-state index in [4.69, 9.17) is 0 Å². The van der Waals surface area contributed by atoms with Gasteiger partial charge in [-0.25, -0.2) is 5.43 Å². The van der Waals surface area contributed by atoms with Gasteiger partial charge in [-0.1, -0.05) is 0 Å². The van der Waals surface area contributed by atoms with Crippen molar-refractivity contribution in [1.29, 1.82) is 0 Å². The van der Waals surface area contributed by atoms with Crippen molar-refractivity contribution in [1.82, 2.24) is 10.4 Å². The van der Waals surface area contributed by atoms with E-state index < -0.39 is 0 Å². The third kappa shape index (κ3) is 1.87. The molecule has 0 aromatic carbocycles. The number of halogens is 1. The highest BCUT2D eigenvalue weighted by molar-refractivity contribution is 14.1. The molecular weight excluding hydrogens is 299 g/mol. The first-order valence-corrected chi connectivity index (χ1v) is 6.03. The molecule has 70 valence electrons. The van der Waals surface area contributed by atoms with E-state index in [0.717, 1.165) is 28.0 Å². The molecule has 2 rings (SSSR count). The number of amides is 1. The van der Waals surface area contributed by atoms with Crippen LogP contribution in [0.25, 0.3) is 0 Å². The van der Waals surface area contributed by atoms with Gasteiger partial charge in [0.25, 0.3) is 5.91 Å². The number of hydrazine groups is 1. The smallest absolute Gasteiger partial charge is 0.273 e. The van der Waals surface area contributed by atoms with E-state index in [9.17, 15) is 4.79 Å². The van der Waals surface area contributed by atoms with Crippen LogP contribution < -0.4 is 5.43 Å². The van der Waals surface area contributed by atoms with Gasteiger partial charge in [0.05, 0.1) is 0 Å². The van der Waals surface area contributed by atoms with Crippen molar-refractivity contribution in [2.24, 2.45) is 0 Å². The number of hydrogen-bond acceptors (Lipinski definition) is 3. The average molecular weight is 308 g/mol. The monoisotopic (exact) mass is 308 g/mol. The summed E-state index contributed by atoms with van der Waals surface area (Å²) in [5.41, 5.74) is 3.06. The van der Waals surface area contributed by atoms with Crippen LogP contribution in [-0.2, 0) is 0 Å². The molecule has 1 aromatic heterocycles. The molecule has 2 heterocycles. The normalized spacial score (nSPS) is 16.5. The molecule has 0 atom stereocenters. The highest BCUT2D eigenvalue weighted by Gasteiger charge is 2.21. The number of nitrogens with one attached hydrogen (secondary N) is 1. The molecule has 0 radical (unpaired) electrons. The molecule has 3 nitrogen and oxygen atoms in total. The second-order valence-electron chi connectivity index (χ2n) is 2.82. The Kier molecular flexibility index (Phi) is 2.85. The van der Waals surface area contributed by atoms with E-state index in [1.807, 2.05) is 11.4 Å². The largest absolute Gasteiger partial charge is 0.279 e. The summed E-state index contributed by atoms with van der Waals surface area (Å²) in [7, 11) is 0. The van der Waals surface area contributed by atoms with E-state index in [-0.39, 0.29) is 5.91 Å². The van der Waals surface area contributed by atoms with Crippen LogP contribution in [-0.4, -0.2) is 24.0 Å². The summed E-state index contributed by atoms with van der Waals surface area (Å²) in [5.74, 6) is 0.108. The van der Waals surface area contributed by atoms with Gasteiger partial charge in [0.1, 0.15) is 4.88 Å². The number of carbonyl (C=O) groups excluding carboxylic acids is 1. The number of thiophene rings is 1. The molecule has 13 heavy (non-hydrogen) atoms. The molecule has 0 saturated carbocycles. The van der Waals surface area contributed by atoms with Gasteiger partial charge in [-0.15, -0.1) is 11.3 Å². The summed E-state index contributed by atoms with van der Waals surface area (Å²) in [6.45, 7) is 1.74. The van der Waals surface area contributed by atoms with Crippen LogP contribution >= 0.6 is 33.9 Å². The lowest BCUT2D eigenvalue weighted by molar-refractivity contribution is 0.0730. The molecular formula is C8H9IN2OS. The van der Waals surface area contributed by atoms with E-state index in [1.54, 1.807) is 5.01 Å². The summed E-state index contributed by atoms with van der Waals surface area (Å²) in [5, 5.41) is 3.65. The van der Waals surface area contributed by atoms with Crippen LogP contribution in [0.3, 0.4) is 0 Å². The first-order valence-electron chi connectivity index (χ1n) is 4.07. The SMILES string of the molecule is O=C(c1sccc1I)N1CCCN1. The molecule has 1 aliphatic heterocycles. The summed E-state index contributed by atoms with van der Waals surface area (Å²) in [6, 6.07) is 1.97. The first-order chi connectivity index (χ1) is 6.29. The number of nitrogens with zero attached hydrogens (tertiary/aromatic N) is 1. The lowest BCUT2D eigenvalue weighted by atomic mass is 10.4. The average Bonchev–Trinajstić information content (AvgIpc) is 2.72. The Morgan fingerprint density at radius 2 is 2.54 bits per heavy atom. The topological polar surface area (TPSA) is 32.3 Å². The number of carbonyl (C=O) groups is 1. The van der Waals surface area contributed by atoms with Crippen LogP contribution in [0.15, 0.2) is 11.4 Å². The third-order valence-electron chi connectivity index (χ3n) is 1.92. The predicted molar refractivity (Wildman–Crippen MR) is 60.7 cm³/mol. The van der Waals surface area contributed by atoms with Gasteiger partial charge >= 0.3 is 0 Å². The van der Waals surface area contributed by atoms with E-state index in [0.29, 0.717) is 0 Å².